The van der Waals surface area contributed by atoms with E-state index in [4.69, 9.17) is 4.98 Å². The van der Waals surface area contributed by atoms with E-state index < -0.39 is 6.09 Å². The van der Waals surface area contributed by atoms with Gasteiger partial charge in [-0.1, -0.05) is 30.3 Å². The van der Waals surface area contributed by atoms with Crippen LogP contribution < -0.4 is 5.32 Å². The predicted octanol–water partition coefficient (Wildman–Crippen LogP) is 3.74. The van der Waals surface area contributed by atoms with Crippen LogP contribution in [0.25, 0.3) is 22.3 Å². The van der Waals surface area contributed by atoms with Gasteiger partial charge in [0.25, 0.3) is 0 Å². The second-order valence-electron chi connectivity index (χ2n) is 8.31. The Kier molecular flexibility index (Phi) is 5.84. The van der Waals surface area contributed by atoms with E-state index in [2.05, 4.69) is 32.5 Å². The van der Waals surface area contributed by atoms with E-state index in [9.17, 15) is 9.90 Å². The van der Waals surface area contributed by atoms with Crippen LogP contribution in [-0.4, -0.2) is 60.5 Å². The van der Waals surface area contributed by atoms with Crippen LogP contribution in [-0.2, 0) is 6.54 Å². The van der Waals surface area contributed by atoms with Crippen LogP contribution in [0.15, 0.2) is 61.2 Å². The van der Waals surface area contributed by atoms with Crippen molar-refractivity contribution in [3.8, 4) is 11.3 Å². The molecule has 1 aliphatic heterocycles. The van der Waals surface area contributed by atoms with Gasteiger partial charge < -0.3 is 15.3 Å². The number of hydrogen-bond acceptors (Lipinski definition) is 6. The van der Waals surface area contributed by atoms with Gasteiger partial charge in [-0.05, 0) is 30.4 Å². The lowest BCUT2D eigenvalue weighted by Gasteiger charge is -2.30. The fourth-order valence-electron chi connectivity index (χ4n) is 4.24. The van der Waals surface area contributed by atoms with E-state index in [1.165, 1.54) is 10.5 Å². The molecule has 3 aromatic heterocycles. The molecule has 33 heavy (non-hydrogen) atoms. The maximum absolute atomic E-state index is 11.3. The number of rotatable bonds is 6. The zero-order valence-electron chi connectivity index (χ0n) is 18.1. The summed E-state index contributed by atoms with van der Waals surface area (Å²) in [5.74, 6) is 0.875. The largest absolute Gasteiger partial charge is 0.465 e. The van der Waals surface area contributed by atoms with Crippen LogP contribution >= 0.6 is 0 Å². The molecule has 0 saturated carbocycles. The highest BCUT2D eigenvalue weighted by Gasteiger charge is 2.23. The number of hydrogen-bond donors (Lipinski definition) is 2. The minimum absolute atomic E-state index is 0.223. The summed E-state index contributed by atoms with van der Waals surface area (Å²) in [5, 5.41) is 17.2. The van der Waals surface area contributed by atoms with Crippen LogP contribution in [0.2, 0.25) is 0 Å². The topological polar surface area (TPSA) is 109 Å². The molecule has 2 N–H and O–H groups in total. The van der Waals surface area contributed by atoms with Gasteiger partial charge in [0.2, 0.25) is 0 Å². The Balaban J connectivity index is 1.38. The van der Waals surface area contributed by atoms with Crippen molar-refractivity contribution in [3.63, 3.8) is 0 Å². The molecule has 9 nitrogen and oxygen atoms in total. The molecule has 168 valence electrons. The SMILES string of the molecule is O=C(O)N1CCC[C@H](CNc2nc(-c3cnn(Cc4ccccc4)c3)cc3nccnc23)C1. The Hall–Kier alpha value is -4.01. The summed E-state index contributed by atoms with van der Waals surface area (Å²) < 4.78 is 1.89. The second kappa shape index (κ2) is 9.23. The van der Waals surface area contributed by atoms with Gasteiger partial charge in [0.1, 0.15) is 5.52 Å². The number of anilines is 1. The van der Waals surface area contributed by atoms with Crippen molar-refractivity contribution in [1.29, 1.82) is 0 Å². The number of benzene rings is 1. The Morgan fingerprint density at radius 3 is 2.88 bits per heavy atom. The van der Waals surface area contributed by atoms with Gasteiger partial charge in [-0.3, -0.25) is 9.67 Å². The van der Waals surface area contributed by atoms with Gasteiger partial charge in [-0.15, -0.1) is 0 Å². The molecular formula is C24H25N7O2. The van der Waals surface area contributed by atoms with Gasteiger partial charge in [0, 0.05) is 43.8 Å². The summed E-state index contributed by atoms with van der Waals surface area (Å²) in [4.78, 5) is 26.6. The van der Waals surface area contributed by atoms with Gasteiger partial charge in [-0.2, -0.15) is 5.10 Å². The summed E-state index contributed by atoms with van der Waals surface area (Å²) in [6.45, 7) is 2.43. The molecule has 4 heterocycles. The Bertz CT molecular complexity index is 1260. The first kappa shape index (κ1) is 20.9. The minimum Gasteiger partial charge on any atom is -0.465 e. The normalized spacial score (nSPS) is 16.1. The molecule has 0 aliphatic carbocycles. The molecule has 1 saturated heterocycles. The molecule has 0 radical (unpaired) electrons. The number of nitrogens with one attached hydrogen (secondary N) is 1. The van der Waals surface area contributed by atoms with Crippen LogP contribution in [0.5, 0.6) is 0 Å². The van der Waals surface area contributed by atoms with Gasteiger partial charge in [-0.25, -0.2) is 14.8 Å². The maximum atomic E-state index is 11.3. The molecule has 9 heteroatoms. The van der Waals surface area contributed by atoms with Crippen molar-refractivity contribution in [3.05, 3.63) is 66.7 Å². The maximum Gasteiger partial charge on any atom is 0.407 e. The summed E-state index contributed by atoms with van der Waals surface area (Å²) in [6, 6.07) is 12.1. The van der Waals surface area contributed by atoms with Crippen LogP contribution in [0, 0.1) is 5.92 Å². The minimum atomic E-state index is -0.858. The third-order valence-electron chi connectivity index (χ3n) is 5.92. The third kappa shape index (κ3) is 4.77. The van der Waals surface area contributed by atoms with Crippen LogP contribution in [0.3, 0.4) is 0 Å². The Labute approximate surface area is 191 Å². The average Bonchev–Trinajstić information content (AvgIpc) is 3.31. The molecule has 1 aromatic carbocycles. The van der Waals surface area contributed by atoms with Crippen molar-refractivity contribution < 1.29 is 9.90 Å². The monoisotopic (exact) mass is 443 g/mol. The van der Waals surface area contributed by atoms with E-state index >= 15 is 0 Å². The highest BCUT2D eigenvalue weighted by Crippen LogP contribution is 2.26. The number of pyridine rings is 1. The number of carboxylic acid groups (broad SMARTS) is 1. The van der Waals surface area contributed by atoms with E-state index in [-0.39, 0.29) is 5.92 Å². The number of aromatic nitrogens is 5. The van der Waals surface area contributed by atoms with Crippen molar-refractivity contribution in [2.45, 2.75) is 19.4 Å². The van der Waals surface area contributed by atoms with Gasteiger partial charge in [0.05, 0.1) is 24.0 Å². The molecule has 4 aromatic rings. The van der Waals surface area contributed by atoms with E-state index in [1.54, 1.807) is 12.4 Å². The first-order chi connectivity index (χ1) is 16.2. The zero-order chi connectivity index (χ0) is 22.6. The fraction of sp³-hybridized carbons (Fsp3) is 0.292. The third-order valence-corrected chi connectivity index (χ3v) is 5.92. The van der Waals surface area contributed by atoms with Crippen molar-refractivity contribution in [1.82, 2.24) is 29.6 Å². The smallest absolute Gasteiger partial charge is 0.407 e. The molecule has 0 bridgehead atoms. The lowest BCUT2D eigenvalue weighted by atomic mass is 9.98. The molecule has 5 rings (SSSR count). The summed E-state index contributed by atoms with van der Waals surface area (Å²) in [6.07, 6.45) is 8.10. The number of amides is 1. The number of carbonyl (C=O) groups is 1. The lowest BCUT2D eigenvalue weighted by Crippen LogP contribution is -2.41. The standard InChI is InChI=1S/C24H25N7O2/c32-24(33)30-10-4-7-18(14-30)12-27-23-22-21(25-8-9-26-22)11-20(29-23)19-13-28-31(16-19)15-17-5-2-1-3-6-17/h1-3,5-6,8-9,11,13,16,18H,4,7,10,12,14-15H2,(H,27,29)(H,32,33)/t18-/m1/s1. The summed E-state index contributed by atoms with van der Waals surface area (Å²) in [7, 11) is 0. The number of nitrogens with zero attached hydrogens (tertiary/aromatic N) is 6. The van der Waals surface area contributed by atoms with Crippen LogP contribution in [0.1, 0.15) is 18.4 Å². The van der Waals surface area contributed by atoms with E-state index in [1.807, 2.05) is 41.3 Å². The average molecular weight is 444 g/mol. The number of piperidine rings is 1. The van der Waals surface area contributed by atoms with Crippen molar-refractivity contribution in [2.75, 3.05) is 25.0 Å². The van der Waals surface area contributed by atoms with E-state index in [0.29, 0.717) is 37.5 Å². The van der Waals surface area contributed by atoms with Gasteiger partial charge >= 0.3 is 6.09 Å². The molecule has 1 fully saturated rings. The molecular weight excluding hydrogens is 418 g/mol. The Morgan fingerprint density at radius 1 is 1.18 bits per heavy atom. The molecule has 0 unspecified atom stereocenters. The summed E-state index contributed by atoms with van der Waals surface area (Å²) >= 11 is 0. The number of fused-ring (bicyclic) bond motifs is 1. The number of likely N-dealkylation sites (tertiary alicyclic amines) is 1. The first-order valence-electron chi connectivity index (χ1n) is 11.1. The highest BCUT2D eigenvalue weighted by atomic mass is 16.4. The molecule has 0 spiro atoms. The highest BCUT2D eigenvalue weighted by molar-refractivity contribution is 5.88. The fourth-order valence-corrected chi connectivity index (χ4v) is 4.24. The molecule has 1 aliphatic rings. The predicted molar refractivity (Wildman–Crippen MR) is 125 cm³/mol. The molecule has 1 amide bonds. The second-order valence-corrected chi connectivity index (χ2v) is 8.31. The van der Waals surface area contributed by atoms with E-state index in [0.717, 1.165) is 29.6 Å². The molecule has 1 atom stereocenters. The lowest BCUT2D eigenvalue weighted by molar-refractivity contribution is 0.122. The Morgan fingerprint density at radius 2 is 2.03 bits per heavy atom. The van der Waals surface area contributed by atoms with Crippen LogP contribution in [0.4, 0.5) is 10.6 Å². The first-order valence-corrected chi connectivity index (χ1v) is 11.1. The van der Waals surface area contributed by atoms with Crippen molar-refractivity contribution in [2.24, 2.45) is 5.92 Å². The van der Waals surface area contributed by atoms with Gasteiger partial charge in [0.15, 0.2) is 5.82 Å². The quantitative estimate of drug-likeness (QED) is 0.467. The zero-order valence-corrected chi connectivity index (χ0v) is 18.1. The summed E-state index contributed by atoms with van der Waals surface area (Å²) in [5.41, 5.74) is 4.28. The van der Waals surface area contributed by atoms with Crippen molar-refractivity contribution >= 4 is 22.9 Å².